The molecule has 7 heteroatoms. The van der Waals surface area contributed by atoms with Crippen LogP contribution in [0.25, 0.3) is 0 Å². The molecule has 0 spiro atoms. The molecule has 0 aliphatic carbocycles. The first-order valence-corrected chi connectivity index (χ1v) is 5.49. The van der Waals surface area contributed by atoms with Crippen LogP contribution in [0.4, 0.5) is 14.5 Å². The highest BCUT2D eigenvalue weighted by Gasteiger charge is 2.08. The van der Waals surface area contributed by atoms with Crippen LogP contribution in [0.15, 0.2) is 18.2 Å². The smallest absolute Gasteiger partial charge is 0.272 e. The molecule has 4 nitrogen and oxygen atoms in total. The fraction of sp³-hybridized carbons (Fsp3) is 0.417. The van der Waals surface area contributed by atoms with E-state index in [1.807, 2.05) is 0 Å². The third-order valence-corrected chi connectivity index (χ3v) is 2.17. The van der Waals surface area contributed by atoms with Gasteiger partial charge < -0.3 is 15.4 Å². The van der Waals surface area contributed by atoms with Gasteiger partial charge in [0.2, 0.25) is 5.91 Å². The molecule has 1 amide bonds. The molecule has 0 saturated carbocycles. The summed E-state index contributed by atoms with van der Waals surface area (Å²) in [6.07, 6.45) is -2.52. The van der Waals surface area contributed by atoms with Gasteiger partial charge in [0.05, 0.1) is 6.54 Å². The predicted molar refractivity (Wildman–Crippen MR) is 72.5 cm³/mol. The molecule has 2 N–H and O–H groups in total. The van der Waals surface area contributed by atoms with Crippen LogP contribution >= 0.6 is 12.4 Å². The van der Waals surface area contributed by atoms with Crippen molar-refractivity contribution in [1.82, 2.24) is 5.32 Å². The van der Waals surface area contributed by atoms with Gasteiger partial charge in [-0.1, -0.05) is 6.07 Å². The summed E-state index contributed by atoms with van der Waals surface area (Å²) in [4.78, 5) is 11.3. The van der Waals surface area contributed by atoms with Crippen molar-refractivity contribution in [3.05, 3.63) is 23.8 Å². The molecule has 1 rings (SSSR count). The second-order valence-electron chi connectivity index (χ2n) is 3.76. The standard InChI is InChI=1S/C12H16F2N2O2.ClH/c1-8-3-4-9(16-12(17)6-15-2)5-10(8)18-7-11(13)14;/h3-5,11,15H,6-7H2,1-2H3,(H,16,17);1H. The van der Waals surface area contributed by atoms with Crippen molar-refractivity contribution in [3.63, 3.8) is 0 Å². The van der Waals surface area contributed by atoms with E-state index in [0.717, 1.165) is 5.56 Å². The topological polar surface area (TPSA) is 50.4 Å². The summed E-state index contributed by atoms with van der Waals surface area (Å²) in [5, 5.41) is 5.34. The maximum Gasteiger partial charge on any atom is 0.272 e. The summed E-state index contributed by atoms with van der Waals surface area (Å²) in [5.41, 5.74) is 1.26. The molecule has 1 aromatic rings. The molecule has 108 valence electrons. The van der Waals surface area contributed by atoms with Crippen LogP contribution in [-0.4, -0.2) is 32.5 Å². The zero-order valence-electron chi connectivity index (χ0n) is 10.7. The third-order valence-electron chi connectivity index (χ3n) is 2.17. The highest BCUT2D eigenvalue weighted by atomic mass is 35.5. The van der Waals surface area contributed by atoms with Crippen molar-refractivity contribution in [2.45, 2.75) is 13.3 Å². The van der Waals surface area contributed by atoms with Gasteiger partial charge >= 0.3 is 0 Å². The number of aryl methyl sites for hydroxylation is 1. The molecular formula is C12H17ClF2N2O2. The van der Waals surface area contributed by atoms with Crippen LogP contribution in [0.5, 0.6) is 5.75 Å². The maximum absolute atomic E-state index is 12.1. The lowest BCUT2D eigenvalue weighted by Gasteiger charge is -2.11. The van der Waals surface area contributed by atoms with Crippen molar-refractivity contribution in [2.75, 3.05) is 25.5 Å². The first kappa shape index (κ1) is 17.6. The molecule has 0 bridgehead atoms. The Morgan fingerprint density at radius 3 is 2.68 bits per heavy atom. The number of anilines is 1. The SMILES string of the molecule is CNCC(=O)Nc1ccc(C)c(OCC(F)F)c1.Cl. The largest absolute Gasteiger partial charge is 0.487 e. The normalized spacial score (nSPS) is 9.95. The van der Waals surface area contributed by atoms with Crippen molar-refractivity contribution < 1.29 is 18.3 Å². The molecule has 0 aliphatic rings. The van der Waals surface area contributed by atoms with Gasteiger partial charge in [0.15, 0.2) is 0 Å². The molecule has 0 aromatic heterocycles. The number of ether oxygens (including phenoxy) is 1. The lowest BCUT2D eigenvalue weighted by atomic mass is 10.2. The van der Waals surface area contributed by atoms with Crippen molar-refractivity contribution in [3.8, 4) is 5.75 Å². The molecular weight excluding hydrogens is 278 g/mol. The van der Waals surface area contributed by atoms with Crippen LogP contribution in [-0.2, 0) is 4.79 Å². The van der Waals surface area contributed by atoms with Crippen molar-refractivity contribution in [2.24, 2.45) is 0 Å². The van der Waals surface area contributed by atoms with Gasteiger partial charge in [0, 0.05) is 11.8 Å². The Labute approximate surface area is 116 Å². The number of likely N-dealkylation sites (N-methyl/N-ethyl adjacent to an activating group) is 1. The molecule has 0 aliphatic heterocycles. The fourth-order valence-electron chi connectivity index (χ4n) is 1.35. The summed E-state index contributed by atoms with van der Waals surface area (Å²) in [6.45, 7) is 1.27. The van der Waals surface area contributed by atoms with Gasteiger partial charge in [-0.3, -0.25) is 4.79 Å². The Hall–Kier alpha value is -1.40. The number of hydrogen-bond acceptors (Lipinski definition) is 3. The van der Waals surface area contributed by atoms with Crippen LogP contribution in [0.2, 0.25) is 0 Å². The Balaban J connectivity index is 0.00000324. The quantitative estimate of drug-likeness (QED) is 0.846. The van der Waals surface area contributed by atoms with E-state index in [4.69, 9.17) is 4.74 Å². The average molecular weight is 295 g/mol. The van der Waals surface area contributed by atoms with E-state index in [2.05, 4.69) is 10.6 Å². The fourth-order valence-corrected chi connectivity index (χ4v) is 1.35. The lowest BCUT2D eigenvalue weighted by Crippen LogP contribution is -2.25. The summed E-state index contributed by atoms with van der Waals surface area (Å²) >= 11 is 0. The van der Waals surface area contributed by atoms with Crippen LogP contribution in [0.1, 0.15) is 5.56 Å². The number of nitrogens with one attached hydrogen (secondary N) is 2. The molecule has 0 radical (unpaired) electrons. The second kappa shape index (κ2) is 8.66. The van der Waals surface area contributed by atoms with Gasteiger partial charge in [0.25, 0.3) is 6.43 Å². The maximum atomic E-state index is 12.1. The predicted octanol–water partition coefficient (Wildman–Crippen LogP) is 2.22. The van der Waals surface area contributed by atoms with E-state index in [0.29, 0.717) is 11.4 Å². The summed E-state index contributed by atoms with van der Waals surface area (Å²) in [7, 11) is 1.66. The molecule has 1 aromatic carbocycles. The van der Waals surface area contributed by atoms with E-state index in [9.17, 15) is 13.6 Å². The monoisotopic (exact) mass is 294 g/mol. The van der Waals surface area contributed by atoms with Gasteiger partial charge in [-0.2, -0.15) is 0 Å². The van der Waals surface area contributed by atoms with Gasteiger partial charge in [-0.25, -0.2) is 8.78 Å². The Morgan fingerprint density at radius 1 is 1.42 bits per heavy atom. The lowest BCUT2D eigenvalue weighted by molar-refractivity contribution is -0.115. The highest BCUT2D eigenvalue weighted by molar-refractivity contribution is 5.92. The van der Waals surface area contributed by atoms with E-state index in [1.54, 1.807) is 26.1 Å². The molecule has 0 heterocycles. The van der Waals surface area contributed by atoms with E-state index in [1.165, 1.54) is 6.07 Å². The van der Waals surface area contributed by atoms with Gasteiger partial charge in [-0.15, -0.1) is 12.4 Å². The molecule has 0 unspecified atom stereocenters. The Bertz CT molecular complexity index is 417. The van der Waals surface area contributed by atoms with E-state index >= 15 is 0 Å². The number of halogens is 3. The van der Waals surface area contributed by atoms with Crippen molar-refractivity contribution in [1.29, 1.82) is 0 Å². The Morgan fingerprint density at radius 2 is 2.11 bits per heavy atom. The van der Waals surface area contributed by atoms with Gasteiger partial charge in [-0.05, 0) is 25.6 Å². The summed E-state index contributed by atoms with van der Waals surface area (Å²) in [6, 6.07) is 4.93. The number of benzene rings is 1. The minimum atomic E-state index is -2.52. The van der Waals surface area contributed by atoms with E-state index in [-0.39, 0.29) is 24.9 Å². The number of carbonyl (C=O) groups excluding carboxylic acids is 1. The first-order valence-electron chi connectivity index (χ1n) is 5.49. The third kappa shape index (κ3) is 6.35. The van der Waals surface area contributed by atoms with Crippen LogP contribution in [0, 0.1) is 6.92 Å². The number of rotatable bonds is 6. The molecule has 19 heavy (non-hydrogen) atoms. The van der Waals surface area contributed by atoms with Crippen LogP contribution < -0.4 is 15.4 Å². The Kier molecular flexibility index (Phi) is 8.02. The first-order chi connectivity index (χ1) is 8.52. The number of carbonyl (C=O) groups is 1. The zero-order chi connectivity index (χ0) is 13.5. The molecule has 0 fully saturated rings. The minimum Gasteiger partial charge on any atom is -0.487 e. The molecule has 0 atom stereocenters. The average Bonchev–Trinajstić information content (AvgIpc) is 2.30. The molecule has 0 saturated heterocycles. The van der Waals surface area contributed by atoms with Crippen molar-refractivity contribution >= 4 is 24.0 Å². The number of alkyl halides is 2. The number of amides is 1. The summed E-state index contributed by atoms with van der Waals surface area (Å²) in [5.74, 6) is 0.138. The van der Waals surface area contributed by atoms with E-state index < -0.39 is 13.0 Å². The summed E-state index contributed by atoms with van der Waals surface area (Å²) < 4.78 is 29.1. The second-order valence-corrected chi connectivity index (χ2v) is 3.76. The minimum absolute atomic E-state index is 0. The van der Waals surface area contributed by atoms with Crippen LogP contribution in [0.3, 0.4) is 0 Å². The number of hydrogen-bond donors (Lipinski definition) is 2. The van der Waals surface area contributed by atoms with Gasteiger partial charge in [0.1, 0.15) is 12.4 Å². The highest BCUT2D eigenvalue weighted by Crippen LogP contribution is 2.23. The zero-order valence-corrected chi connectivity index (χ0v) is 11.5.